The number of nitrogens with one attached hydrogen (secondary N) is 2. The molecule has 3 rings (SSSR count). The number of hydrogen-bond donors (Lipinski definition) is 2. The molecule has 0 saturated carbocycles. The number of carbonyl (C=O) groups excluding carboxylic acids is 1. The molecule has 1 aromatic carbocycles. The molecular formula is C22H28N4O2S. The Bertz CT molecular complexity index is 1010. The minimum atomic E-state index is -0.0673. The third-order valence-corrected chi connectivity index (χ3v) is 5.69. The fraction of sp³-hybridized carbons (Fsp3) is 0.409. The van der Waals surface area contributed by atoms with Crippen LogP contribution in [0.1, 0.15) is 37.4 Å². The Morgan fingerprint density at radius 2 is 2.03 bits per heavy atom. The van der Waals surface area contributed by atoms with Crippen molar-refractivity contribution in [3.63, 3.8) is 0 Å². The van der Waals surface area contributed by atoms with Gasteiger partial charge in [0.05, 0.1) is 11.3 Å². The smallest absolute Gasteiger partial charge is 0.278 e. The topological polar surface area (TPSA) is 79.8 Å². The van der Waals surface area contributed by atoms with Gasteiger partial charge in [-0.1, -0.05) is 55.4 Å². The minimum Gasteiger partial charge on any atom is -0.355 e. The molecule has 2 aromatic heterocycles. The van der Waals surface area contributed by atoms with E-state index in [1.54, 1.807) is 4.57 Å². The van der Waals surface area contributed by atoms with Gasteiger partial charge in [0.25, 0.3) is 5.56 Å². The number of nitrogens with zero attached hydrogens (tertiary/aromatic N) is 2. The lowest BCUT2D eigenvalue weighted by Crippen LogP contribution is -2.28. The Kier molecular flexibility index (Phi) is 7.52. The number of benzene rings is 1. The molecule has 2 heterocycles. The zero-order valence-corrected chi connectivity index (χ0v) is 17.8. The van der Waals surface area contributed by atoms with Crippen LogP contribution in [-0.2, 0) is 17.8 Å². The van der Waals surface area contributed by atoms with E-state index in [9.17, 15) is 9.59 Å². The number of aryl methyl sites for hydroxylation is 2. The maximum Gasteiger partial charge on any atom is 0.278 e. The van der Waals surface area contributed by atoms with Gasteiger partial charge in [-0.15, -0.1) is 0 Å². The highest BCUT2D eigenvalue weighted by Gasteiger charge is 2.14. The molecule has 7 heteroatoms. The molecule has 29 heavy (non-hydrogen) atoms. The lowest BCUT2D eigenvalue weighted by atomic mass is 10.1. The van der Waals surface area contributed by atoms with E-state index in [-0.39, 0.29) is 17.2 Å². The van der Waals surface area contributed by atoms with Gasteiger partial charge in [0.2, 0.25) is 5.91 Å². The molecular weight excluding hydrogens is 384 g/mol. The second kappa shape index (κ2) is 10.3. The van der Waals surface area contributed by atoms with Crippen molar-refractivity contribution in [1.82, 2.24) is 19.9 Å². The van der Waals surface area contributed by atoms with Crippen molar-refractivity contribution < 1.29 is 4.79 Å². The number of amides is 1. The fourth-order valence-corrected chi connectivity index (χ4v) is 4.04. The van der Waals surface area contributed by atoms with Gasteiger partial charge in [-0.05, 0) is 37.8 Å². The maximum absolute atomic E-state index is 12.8. The van der Waals surface area contributed by atoms with Crippen molar-refractivity contribution in [3.05, 3.63) is 58.0 Å². The van der Waals surface area contributed by atoms with Crippen LogP contribution in [0.5, 0.6) is 0 Å². The molecule has 0 radical (unpaired) electrons. The first-order chi connectivity index (χ1) is 14.1. The summed E-state index contributed by atoms with van der Waals surface area (Å²) in [5.74, 6) is 0.212. The maximum atomic E-state index is 12.8. The molecule has 1 amide bonds. The van der Waals surface area contributed by atoms with Crippen molar-refractivity contribution in [1.29, 1.82) is 0 Å². The van der Waals surface area contributed by atoms with Crippen molar-refractivity contribution in [3.8, 4) is 0 Å². The largest absolute Gasteiger partial charge is 0.355 e. The molecule has 0 saturated heterocycles. The summed E-state index contributed by atoms with van der Waals surface area (Å²) >= 11 is 1.32. The normalized spacial score (nSPS) is 11.1. The van der Waals surface area contributed by atoms with Crippen molar-refractivity contribution in [2.75, 3.05) is 12.3 Å². The summed E-state index contributed by atoms with van der Waals surface area (Å²) in [6.45, 7) is 5.25. The summed E-state index contributed by atoms with van der Waals surface area (Å²) in [7, 11) is 0. The van der Waals surface area contributed by atoms with E-state index < -0.39 is 0 Å². The minimum absolute atomic E-state index is 0.0373. The van der Waals surface area contributed by atoms with Gasteiger partial charge in [0.1, 0.15) is 5.52 Å². The third-order valence-electron chi connectivity index (χ3n) is 4.71. The number of aromatic nitrogens is 3. The molecule has 154 valence electrons. The standard InChI is InChI=1S/C22H28N4O2S/c1-3-4-13-26-21(28)20-18(14-16(2)24-20)25-22(26)29-15-19(27)23-12-8-11-17-9-6-5-7-10-17/h5-7,9-10,14,24H,3-4,8,11-13,15H2,1-2H3,(H,23,27). The van der Waals surface area contributed by atoms with Crippen LogP contribution in [0.3, 0.4) is 0 Å². The summed E-state index contributed by atoms with van der Waals surface area (Å²) < 4.78 is 1.69. The van der Waals surface area contributed by atoms with Gasteiger partial charge in [0, 0.05) is 18.8 Å². The first-order valence-electron chi connectivity index (χ1n) is 10.1. The Morgan fingerprint density at radius 1 is 1.24 bits per heavy atom. The summed E-state index contributed by atoms with van der Waals surface area (Å²) in [5.41, 5.74) is 3.31. The lowest BCUT2D eigenvalue weighted by molar-refractivity contribution is -0.118. The quantitative estimate of drug-likeness (QED) is 0.302. The first kappa shape index (κ1) is 21.2. The summed E-state index contributed by atoms with van der Waals surface area (Å²) in [6.07, 6.45) is 3.72. The second-order valence-electron chi connectivity index (χ2n) is 7.15. The molecule has 0 fully saturated rings. The molecule has 6 nitrogen and oxygen atoms in total. The number of carbonyl (C=O) groups is 1. The molecule has 0 aliphatic carbocycles. The van der Waals surface area contributed by atoms with Crippen molar-refractivity contribution in [2.24, 2.45) is 0 Å². The predicted octanol–water partition coefficient (Wildman–Crippen LogP) is 3.67. The number of rotatable bonds is 10. The van der Waals surface area contributed by atoms with E-state index in [2.05, 4.69) is 34.3 Å². The SMILES string of the molecule is CCCCn1c(SCC(=O)NCCCc2ccccc2)nc2cc(C)[nH]c2c1=O. The number of aromatic amines is 1. The number of unbranched alkanes of at least 4 members (excludes halogenated alkanes) is 1. The summed E-state index contributed by atoms with van der Waals surface area (Å²) in [5, 5.41) is 3.57. The highest BCUT2D eigenvalue weighted by atomic mass is 32.2. The molecule has 3 aromatic rings. The van der Waals surface area contributed by atoms with E-state index in [0.717, 1.165) is 31.4 Å². The zero-order valence-electron chi connectivity index (χ0n) is 17.0. The fourth-order valence-electron chi connectivity index (χ4n) is 3.18. The van der Waals surface area contributed by atoms with Crippen LogP contribution in [0.15, 0.2) is 46.3 Å². The van der Waals surface area contributed by atoms with Crippen molar-refractivity contribution in [2.45, 2.75) is 51.2 Å². The van der Waals surface area contributed by atoms with Crippen LogP contribution in [0.4, 0.5) is 0 Å². The summed E-state index contributed by atoms with van der Waals surface area (Å²) in [6, 6.07) is 12.1. The molecule has 0 unspecified atom stereocenters. The van der Waals surface area contributed by atoms with E-state index in [1.807, 2.05) is 31.2 Å². The third kappa shape index (κ3) is 5.73. The summed E-state index contributed by atoms with van der Waals surface area (Å²) in [4.78, 5) is 32.8. The molecule has 2 N–H and O–H groups in total. The molecule has 0 aliphatic rings. The van der Waals surface area contributed by atoms with Crippen LogP contribution >= 0.6 is 11.8 Å². The Hall–Kier alpha value is -2.54. The van der Waals surface area contributed by atoms with E-state index in [4.69, 9.17) is 0 Å². The molecule has 0 aliphatic heterocycles. The van der Waals surface area contributed by atoms with Crippen LogP contribution in [0.2, 0.25) is 0 Å². The van der Waals surface area contributed by atoms with Gasteiger partial charge < -0.3 is 10.3 Å². The molecule has 0 spiro atoms. The number of hydrogen-bond acceptors (Lipinski definition) is 4. The van der Waals surface area contributed by atoms with Gasteiger partial charge in [-0.25, -0.2) is 4.98 Å². The van der Waals surface area contributed by atoms with Crippen LogP contribution in [0, 0.1) is 6.92 Å². The van der Waals surface area contributed by atoms with Gasteiger partial charge in [-0.2, -0.15) is 0 Å². The monoisotopic (exact) mass is 412 g/mol. The Labute approximate surface area is 175 Å². The Balaban J connectivity index is 1.58. The van der Waals surface area contributed by atoms with Crippen molar-refractivity contribution >= 4 is 28.7 Å². The average Bonchev–Trinajstić information content (AvgIpc) is 3.10. The zero-order chi connectivity index (χ0) is 20.6. The molecule has 0 atom stereocenters. The number of thioether (sulfide) groups is 1. The lowest BCUT2D eigenvalue weighted by Gasteiger charge is -2.11. The average molecular weight is 413 g/mol. The van der Waals surface area contributed by atoms with Gasteiger partial charge in [-0.3, -0.25) is 14.2 Å². The van der Waals surface area contributed by atoms with E-state index in [1.165, 1.54) is 17.3 Å². The van der Waals surface area contributed by atoms with Crippen LogP contribution in [0.25, 0.3) is 11.0 Å². The first-order valence-corrected chi connectivity index (χ1v) is 11.1. The van der Waals surface area contributed by atoms with Gasteiger partial charge in [0.15, 0.2) is 5.16 Å². The van der Waals surface area contributed by atoms with Crippen LogP contribution in [-0.4, -0.2) is 32.7 Å². The molecule has 0 bridgehead atoms. The number of H-pyrrole nitrogens is 1. The van der Waals surface area contributed by atoms with E-state index in [0.29, 0.717) is 29.3 Å². The van der Waals surface area contributed by atoms with E-state index >= 15 is 0 Å². The second-order valence-corrected chi connectivity index (χ2v) is 8.09. The highest BCUT2D eigenvalue weighted by molar-refractivity contribution is 7.99. The highest BCUT2D eigenvalue weighted by Crippen LogP contribution is 2.18. The predicted molar refractivity (Wildman–Crippen MR) is 118 cm³/mol. The number of fused-ring (bicyclic) bond motifs is 1. The van der Waals surface area contributed by atoms with Gasteiger partial charge >= 0.3 is 0 Å². The Morgan fingerprint density at radius 3 is 2.79 bits per heavy atom. The van der Waals surface area contributed by atoms with Crippen LogP contribution < -0.4 is 10.9 Å².